The molecule has 3 aromatic carbocycles. The second-order valence-corrected chi connectivity index (χ2v) is 6.37. The van der Waals surface area contributed by atoms with Gasteiger partial charge in [0.25, 0.3) is 0 Å². The Hall–Kier alpha value is -2.98. The van der Waals surface area contributed by atoms with Crippen LogP contribution in [0.5, 0.6) is 17.2 Å². The molecule has 0 aliphatic rings. The van der Waals surface area contributed by atoms with E-state index in [1.165, 1.54) is 0 Å². The van der Waals surface area contributed by atoms with Crippen molar-refractivity contribution in [2.45, 2.75) is 19.4 Å². The van der Waals surface area contributed by atoms with Crippen LogP contribution < -0.4 is 9.47 Å². The topological polar surface area (TPSA) is 55.8 Å². The van der Waals surface area contributed by atoms with E-state index in [2.05, 4.69) is 0 Å². The van der Waals surface area contributed by atoms with Crippen molar-refractivity contribution in [3.05, 3.63) is 88.9 Å². The van der Waals surface area contributed by atoms with E-state index in [0.717, 1.165) is 11.1 Å². The molecule has 27 heavy (non-hydrogen) atoms. The van der Waals surface area contributed by atoms with Crippen LogP contribution in [0.15, 0.2) is 72.8 Å². The van der Waals surface area contributed by atoms with Gasteiger partial charge in [-0.25, -0.2) is 0 Å². The standard InChI is InChI=1S/C22H19ClO4/c23-19-6-2-4-8-21(19)27-20-7-3-1-5-17(20)15-26-18-12-9-16(10-13-18)11-14-22(24)25/h1-10,12-13H,11,14-15H2,(H,24,25). The third-order valence-electron chi connectivity index (χ3n) is 3.97. The molecule has 0 bridgehead atoms. The van der Waals surface area contributed by atoms with Crippen molar-refractivity contribution >= 4 is 17.6 Å². The molecule has 1 N–H and O–H groups in total. The summed E-state index contributed by atoms with van der Waals surface area (Å²) in [4.78, 5) is 10.6. The SMILES string of the molecule is O=C(O)CCc1ccc(OCc2ccccc2Oc2ccccc2Cl)cc1. The van der Waals surface area contributed by atoms with Crippen molar-refractivity contribution in [2.24, 2.45) is 0 Å². The molecule has 0 radical (unpaired) electrons. The highest BCUT2D eigenvalue weighted by Gasteiger charge is 2.08. The quantitative estimate of drug-likeness (QED) is 0.540. The summed E-state index contributed by atoms with van der Waals surface area (Å²) in [6.07, 6.45) is 0.622. The first-order chi connectivity index (χ1) is 13.1. The maximum atomic E-state index is 10.6. The Morgan fingerprint density at radius 3 is 2.26 bits per heavy atom. The molecule has 138 valence electrons. The van der Waals surface area contributed by atoms with Crippen molar-refractivity contribution < 1.29 is 19.4 Å². The normalized spacial score (nSPS) is 10.4. The molecule has 0 aromatic heterocycles. The van der Waals surface area contributed by atoms with Gasteiger partial charge in [-0.3, -0.25) is 4.79 Å². The van der Waals surface area contributed by atoms with Crippen LogP contribution in [-0.4, -0.2) is 11.1 Å². The number of halogens is 1. The lowest BCUT2D eigenvalue weighted by molar-refractivity contribution is -0.136. The fourth-order valence-corrected chi connectivity index (χ4v) is 2.71. The molecule has 3 aromatic rings. The predicted molar refractivity (Wildman–Crippen MR) is 105 cm³/mol. The second kappa shape index (κ2) is 9.10. The van der Waals surface area contributed by atoms with Crippen LogP contribution in [0.3, 0.4) is 0 Å². The van der Waals surface area contributed by atoms with Gasteiger partial charge in [0, 0.05) is 12.0 Å². The highest BCUT2D eigenvalue weighted by atomic mass is 35.5. The fraction of sp³-hybridized carbons (Fsp3) is 0.136. The molecular weight excluding hydrogens is 364 g/mol. The van der Waals surface area contributed by atoms with E-state index in [0.29, 0.717) is 35.3 Å². The Balaban J connectivity index is 1.64. The minimum absolute atomic E-state index is 0.118. The van der Waals surface area contributed by atoms with Crippen LogP contribution >= 0.6 is 11.6 Å². The summed E-state index contributed by atoms with van der Waals surface area (Å²) in [6.45, 7) is 0.342. The molecule has 0 fully saturated rings. The molecule has 0 aliphatic heterocycles. The van der Waals surface area contributed by atoms with E-state index < -0.39 is 5.97 Å². The van der Waals surface area contributed by atoms with Gasteiger partial charge in [0.15, 0.2) is 0 Å². The van der Waals surface area contributed by atoms with Crippen LogP contribution in [0.4, 0.5) is 0 Å². The summed E-state index contributed by atoms with van der Waals surface area (Å²) < 4.78 is 11.8. The molecular formula is C22H19ClO4. The van der Waals surface area contributed by atoms with E-state index >= 15 is 0 Å². The van der Waals surface area contributed by atoms with Crippen LogP contribution in [0, 0.1) is 0 Å². The Morgan fingerprint density at radius 2 is 1.56 bits per heavy atom. The van der Waals surface area contributed by atoms with Crippen LogP contribution in [0.2, 0.25) is 5.02 Å². The van der Waals surface area contributed by atoms with Gasteiger partial charge in [-0.15, -0.1) is 0 Å². The molecule has 0 saturated carbocycles. The smallest absolute Gasteiger partial charge is 0.303 e. The number of carboxylic acids is 1. The first-order valence-electron chi connectivity index (χ1n) is 8.55. The van der Waals surface area contributed by atoms with Gasteiger partial charge < -0.3 is 14.6 Å². The lowest BCUT2D eigenvalue weighted by Crippen LogP contribution is -1.99. The number of rotatable bonds is 8. The summed E-state index contributed by atoms with van der Waals surface area (Å²) in [5.41, 5.74) is 1.86. The maximum absolute atomic E-state index is 10.6. The van der Waals surface area contributed by atoms with Crippen molar-refractivity contribution in [3.63, 3.8) is 0 Å². The van der Waals surface area contributed by atoms with Crippen LogP contribution in [0.1, 0.15) is 17.5 Å². The Labute approximate surface area is 162 Å². The van der Waals surface area contributed by atoms with Crippen molar-refractivity contribution in [2.75, 3.05) is 0 Å². The number of hydrogen-bond donors (Lipinski definition) is 1. The van der Waals surface area contributed by atoms with Gasteiger partial charge in [-0.05, 0) is 42.3 Å². The van der Waals surface area contributed by atoms with Gasteiger partial charge >= 0.3 is 5.97 Å². The first kappa shape index (κ1) is 18.8. The number of carboxylic acid groups (broad SMARTS) is 1. The highest BCUT2D eigenvalue weighted by Crippen LogP contribution is 2.31. The molecule has 0 amide bonds. The number of ether oxygens (including phenoxy) is 2. The Morgan fingerprint density at radius 1 is 0.889 bits per heavy atom. The van der Waals surface area contributed by atoms with Crippen molar-refractivity contribution in [1.82, 2.24) is 0 Å². The summed E-state index contributed by atoms with van der Waals surface area (Å²) in [6, 6.07) is 22.4. The van der Waals surface area contributed by atoms with E-state index in [1.54, 1.807) is 6.07 Å². The fourth-order valence-electron chi connectivity index (χ4n) is 2.53. The van der Waals surface area contributed by atoms with Gasteiger partial charge in [0.2, 0.25) is 0 Å². The molecule has 0 unspecified atom stereocenters. The molecule has 0 aliphatic carbocycles. The lowest BCUT2D eigenvalue weighted by Gasteiger charge is -2.13. The average molecular weight is 383 g/mol. The first-order valence-corrected chi connectivity index (χ1v) is 8.93. The number of hydrogen-bond acceptors (Lipinski definition) is 3. The molecule has 0 heterocycles. The maximum Gasteiger partial charge on any atom is 0.303 e. The molecule has 0 spiro atoms. The van der Waals surface area contributed by atoms with E-state index in [-0.39, 0.29) is 6.42 Å². The molecule has 5 heteroatoms. The predicted octanol–water partition coefficient (Wildman–Crippen LogP) is 5.73. The molecule has 0 atom stereocenters. The zero-order valence-corrected chi connectivity index (χ0v) is 15.4. The van der Waals surface area contributed by atoms with Crippen LogP contribution in [0.25, 0.3) is 0 Å². The van der Waals surface area contributed by atoms with Crippen LogP contribution in [-0.2, 0) is 17.8 Å². The van der Waals surface area contributed by atoms with Gasteiger partial charge in [0.1, 0.15) is 23.9 Å². The Bertz CT molecular complexity index is 906. The molecule has 0 saturated heterocycles. The van der Waals surface area contributed by atoms with E-state index in [4.69, 9.17) is 26.2 Å². The number of para-hydroxylation sites is 2. The largest absolute Gasteiger partial charge is 0.489 e. The summed E-state index contributed by atoms with van der Waals surface area (Å²) in [5, 5.41) is 9.29. The number of benzene rings is 3. The zero-order chi connectivity index (χ0) is 19.1. The summed E-state index contributed by atoms with van der Waals surface area (Å²) in [7, 11) is 0. The number of aryl methyl sites for hydroxylation is 1. The van der Waals surface area contributed by atoms with E-state index in [1.807, 2.05) is 66.7 Å². The number of carbonyl (C=O) groups is 1. The van der Waals surface area contributed by atoms with Gasteiger partial charge in [-0.1, -0.05) is 54.1 Å². The third-order valence-corrected chi connectivity index (χ3v) is 4.29. The Kier molecular flexibility index (Phi) is 6.34. The lowest BCUT2D eigenvalue weighted by atomic mass is 10.1. The third kappa shape index (κ3) is 5.50. The molecule has 3 rings (SSSR count). The minimum Gasteiger partial charge on any atom is -0.489 e. The second-order valence-electron chi connectivity index (χ2n) is 5.97. The molecule has 4 nitrogen and oxygen atoms in total. The zero-order valence-electron chi connectivity index (χ0n) is 14.6. The van der Waals surface area contributed by atoms with Crippen molar-refractivity contribution in [3.8, 4) is 17.2 Å². The average Bonchev–Trinajstić information content (AvgIpc) is 2.68. The summed E-state index contributed by atoms with van der Waals surface area (Å²) in [5.74, 6) is 1.19. The van der Waals surface area contributed by atoms with Crippen molar-refractivity contribution in [1.29, 1.82) is 0 Å². The number of aliphatic carboxylic acids is 1. The highest BCUT2D eigenvalue weighted by molar-refractivity contribution is 6.32. The van der Waals surface area contributed by atoms with E-state index in [9.17, 15) is 4.79 Å². The monoisotopic (exact) mass is 382 g/mol. The van der Waals surface area contributed by atoms with Gasteiger partial charge in [-0.2, -0.15) is 0 Å². The van der Waals surface area contributed by atoms with Gasteiger partial charge in [0.05, 0.1) is 5.02 Å². The minimum atomic E-state index is -0.801. The summed E-state index contributed by atoms with van der Waals surface area (Å²) >= 11 is 6.17.